The van der Waals surface area contributed by atoms with Gasteiger partial charge < -0.3 is 14.4 Å². The lowest BCUT2D eigenvalue weighted by Gasteiger charge is -2.37. The number of benzene rings is 3. The van der Waals surface area contributed by atoms with Gasteiger partial charge in [-0.15, -0.1) is 0 Å². The van der Waals surface area contributed by atoms with Gasteiger partial charge in [-0.3, -0.25) is 4.79 Å². The van der Waals surface area contributed by atoms with Crippen LogP contribution in [0.3, 0.4) is 0 Å². The summed E-state index contributed by atoms with van der Waals surface area (Å²) >= 11 is 0. The zero-order valence-electron chi connectivity index (χ0n) is 19.9. The van der Waals surface area contributed by atoms with Crippen LogP contribution in [0.5, 0.6) is 5.75 Å². The van der Waals surface area contributed by atoms with E-state index in [1.807, 2.05) is 41.3 Å². The standard InChI is InChI=1S/C30H29NO4/c1-34-23-14-10-19(11-15-23)29(32)20-16-21-12-13-22(17-20)31(21)30(33)35-18-28-26-8-4-2-6-24(26)25-7-3-5-9-27(25)28/h2-11,14-15,20-22,28H,12-13,16-18H2,1H3. The SMILES string of the molecule is COc1ccc(C(=O)C2CC3CCC(C2)N3C(=O)OCC2c3ccccc3-c3ccccc32)cc1. The van der Waals surface area contributed by atoms with Crippen LogP contribution >= 0.6 is 0 Å². The van der Waals surface area contributed by atoms with E-state index in [2.05, 4.69) is 36.4 Å². The average Bonchev–Trinajstić information content (AvgIpc) is 3.37. The van der Waals surface area contributed by atoms with Crippen LogP contribution in [0, 0.1) is 5.92 Å². The highest BCUT2D eigenvalue weighted by atomic mass is 16.6. The highest BCUT2D eigenvalue weighted by molar-refractivity contribution is 5.98. The monoisotopic (exact) mass is 467 g/mol. The van der Waals surface area contributed by atoms with Crippen LogP contribution in [0.2, 0.25) is 0 Å². The van der Waals surface area contributed by atoms with Crippen LogP contribution in [0.25, 0.3) is 11.1 Å². The summed E-state index contributed by atoms with van der Waals surface area (Å²) in [5.41, 5.74) is 5.59. The second-order valence-corrected chi connectivity index (χ2v) is 9.86. The number of piperidine rings is 1. The summed E-state index contributed by atoms with van der Waals surface area (Å²) in [5, 5.41) is 0. The minimum atomic E-state index is -0.241. The van der Waals surface area contributed by atoms with E-state index in [0.717, 1.165) is 18.6 Å². The van der Waals surface area contributed by atoms with Crippen molar-refractivity contribution >= 4 is 11.9 Å². The maximum absolute atomic E-state index is 13.3. The molecule has 2 heterocycles. The molecule has 2 aliphatic heterocycles. The number of Topliss-reactive ketones (excluding diaryl/α,β-unsaturated/α-hetero) is 1. The molecule has 0 radical (unpaired) electrons. The van der Waals surface area contributed by atoms with Gasteiger partial charge in [0.25, 0.3) is 0 Å². The number of nitrogens with zero attached hydrogens (tertiary/aromatic N) is 1. The smallest absolute Gasteiger partial charge is 0.410 e. The molecule has 1 aliphatic carbocycles. The third kappa shape index (κ3) is 3.79. The molecule has 6 rings (SSSR count). The van der Waals surface area contributed by atoms with Crippen molar-refractivity contribution in [2.45, 2.75) is 43.7 Å². The number of carbonyl (C=O) groups excluding carboxylic acids is 2. The molecule has 0 saturated carbocycles. The number of rotatable bonds is 5. The van der Waals surface area contributed by atoms with E-state index in [9.17, 15) is 9.59 Å². The maximum Gasteiger partial charge on any atom is 0.410 e. The minimum absolute atomic E-state index is 0.0539. The van der Waals surface area contributed by atoms with E-state index >= 15 is 0 Å². The van der Waals surface area contributed by atoms with E-state index in [0.29, 0.717) is 25.0 Å². The van der Waals surface area contributed by atoms with Gasteiger partial charge in [-0.1, -0.05) is 48.5 Å². The molecule has 2 bridgehead atoms. The van der Waals surface area contributed by atoms with Gasteiger partial charge in [-0.25, -0.2) is 4.79 Å². The molecule has 2 atom stereocenters. The summed E-state index contributed by atoms with van der Waals surface area (Å²) < 4.78 is 11.2. The van der Waals surface area contributed by atoms with Gasteiger partial charge in [-0.2, -0.15) is 0 Å². The third-order valence-corrected chi connectivity index (χ3v) is 8.03. The number of fused-ring (bicyclic) bond motifs is 5. The second kappa shape index (κ2) is 8.88. The lowest BCUT2D eigenvalue weighted by Crippen LogP contribution is -2.48. The van der Waals surface area contributed by atoms with Crippen LogP contribution in [-0.4, -0.2) is 42.6 Å². The Morgan fingerprint density at radius 1 is 0.829 bits per heavy atom. The summed E-state index contributed by atoms with van der Waals surface area (Å²) in [6.07, 6.45) is 3.02. The number of hydrogen-bond acceptors (Lipinski definition) is 4. The molecule has 5 nitrogen and oxygen atoms in total. The van der Waals surface area contributed by atoms with Crippen LogP contribution < -0.4 is 4.74 Å². The maximum atomic E-state index is 13.3. The molecule has 0 N–H and O–H groups in total. The molecule has 2 unspecified atom stereocenters. The molecule has 0 aromatic heterocycles. The predicted octanol–water partition coefficient (Wildman–Crippen LogP) is 6.07. The Morgan fingerprint density at radius 2 is 1.40 bits per heavy atom. The first-order valence-corrected chi connectivity index (χ1v) is 12.5. The Bertz CT molecular complexity index is 1210. The molecule has 3 aromatic rings. The van der Waals surface area contributed by atoms with E-state index in [1.165, 1.54) is 22.3 Å². The lowest BCUT2D eigenvalue weighted by molar-refractivity contribution is 0.0506. The van der Waals surface area contributed by atoms with E-state index in [1.54, 1.807) is 7.11 Å². The molecular formula is C30H29NO4. The summed E-state index contributed by atoms with van der Waals surface area (Å²) in [6.45, 7) is 0.330. The topological polar surface area (TPSA) is 55.8 Å². The molecule has 5 heteroatoms. The number of ether oxygens (including phenoxy) is 2. The van der Waals surface area contributed by atoms with Crippen molar-refractivity contribution in [3.05, 3.63) is 89.5 Å². The molecule has 35 heavy (non-hydrogen) atoms. The highest BCUT2D eigenvalue weighted by Crippen LogP contribution is 2.45. The number of carbonyl (C=O) groups is 2. The van der Waals surface area contributed by atoms with Crippen molar-refractivity contribution in [3.8, 4) is 16.9 Å². The van der Waals surface area contributed by atoms with Crippen molar-refractivity contribution in [1.29, 1.82) is 0 Å². The van der Waals surface area contributed by atoms with Crippen molar-refractivity contribution < 1.29 is 19.1 Å². The molecule has 178 valence electrons. The summed E-state index contributed by atoms with van der Waals surface area (Å²) in [5.74, 6) is 0.903. The zero-order valence-corrected chi connectivity index (χ0v) is 19.9. The normalized spacial score (nSPS) is 22.4. The first-order valence-electron chi connectivity index (χ1n) is 12.5. The molecule has 1 amide bonds. The number of hydrogen-bond donors (Lipinski definition) is 0. The van der Waals surface area contributed by atoms with Crippen LogP contribution in [0.4, 0.5) is 4.79 Å². The van der Waals surface area contributed by atoms with Gasteiger partial charge in [0.05, 0.1) is 7.11 Å². The summed E-state index contributed by atoms with van der Waals surface area (Å²) in [4.78, 5) is 28.3. The van der Waals surface area contributed by atoms with Crippen molar-refractivity contribution in [1.82, 2.24) is 4.90 Å². The summed E-state index contributed by atoms with van der Waals surface area (Å²) in [7, 11) is 1.62. The van der Waals surface area contributed by atoms with Gasteiger partial charge in [0.2, 0.25) is 0 Å². The van der Waals surface area contributed by atoms with E-state index in [-0.39, 0.29) is 35.8 Å². The highest BCUT2D eigenvalue weighted by Gasteiger charge is 2.46. The Balaban J connectivity index is 1.13. The lowest BCUT2D eigenvalue weighted by atomic mass is 9.85. The number of ketones is 1. The Kier molecular flexibility index (Phi) is 5.56. The number of methoxy groups -OCH3 is 1. The van der Waals surface area contributed by atoms with Crippen molar-refractivity contribution in [2.75, 3.05) is 13.7 Å². The van der Waals surface area contributed by atoms with Gasteiger partial charge >= 0.3 is 6.09 Å². The van der Waals surface area contributed by atoms with Crippen LogP contribution in [-0.2, 0) is 4.74 Å². The Labute approximate surface area is 205 Å². The molecule has 3 aromatic carbocycles. The average molecular weight is 468 g/mol. The fourth-order valence-electron chi connectivity index (χ4n) is 6.35. The molecule has 3 aliphatic rings. The molecule has 2 saturated heterocycles. The first kappa shape index (κ1) is 21.9. The minimum Gasteiger partial charge on any atom is -0.497 e. The van der Waals surface area contributed by atoms with E-state index in [4.69, 9.17) is 9.47 Å². The quantitative estimate of drug-likeness (QED) is 0.428. The molecular weight excluding hydrogens is 438 g/mol. The van der Waals surface area contributed by atoms with Gasteiger partial charge in [0.15, 0.2) is 5.78 Å². The predicted molar refractivity (Wildman–Crippen MR) is 134 cm³/mol. The van der Waals surface area contributed by atoms with Gasteiger partial charge in [-0.05, 0) is 72.2 Å². The second-order valence-electron chi connectivity index (χ2n) is 9.86. The fourth-order valence-corrected chi connectivity index (χ4v) is 6.35. The van der Waals surface area contributed by atoms with Crippen molar-refractivity contribution in [2.24, 2.45) is 5.92 Å². The fraction of sp³-hybridized carbons (Fsp3) is 0.333. The van der Waals surface area contributed by atoms with Crippen LogP contribution in [0.15, 0.2) is 72.8 Å². The first-order chi connectivity index (χ1) is 17.1. The van der Waals surface area contributed by atoms with Crippen LogP contribution in [0.1, 0.15) is 53.1 Å². The van der Waals surface area contributed by atoms with Gasteiger partial charge in [0.1, 0.15) is 12.4 Å². The Hall–Kier alpha value is -3.60. The zero-order chi connectivity index (χ0) is 23.9. The summed E-state index contributed by atoms with van der Waals surface area (Å²) in [6, 6.07) is 24.2. The van der Waals surface area contributed by atoms with Gasteiger partial charge in [0, 0.05) is 29.5 Å². The van der Waals surface area contributed by atoms with Crippen molar-refractivity contribution in [3.63, 3.8) is 0 Å². The molecule has 2 fully saturated rings. The largest absolute Gasteiger partial charge is 0.497 e. The Morgan fingerprint density at radius 3 is 1.97 bits per heavy atom. The number of amides is 1. The van der Waals surface area contributed by atoms with E-state index < -0.39 is 0 Å². The molecule has 0 spiro atoms. The third-order valence-electron chi connectivity index (χ3n) is 8.03.